The van der Waals surface area contributed by atoms with Crippen LogP contribution in [0.2, 0.25) is 0 Å². The van der Waals surface area contributed by atoms with Crippen molar-refractivity contribution >= 4 is 0 Å². The molecular weight excluding hydrogens is 272 g/mol. The van der Waals surface area contributed by atoms with Crippen LogP contribution in [-0.2, 0) is 25.6 Å². The number of ether oxygens (including phenoxy) is 4. The van der Waals surface area contributed by atoms with Gasteiger partial charge in [-0.2, -0.15) is 0 Å². The fraction of sp³-hybridized carbons (Fsp3) is 0.625. The number of hydrogen-bond donors (Lipinski definition) is 1. The zero-order valence-electron chi connectivity index (χ0n) is 12.6. The van der Waals surface area contributed by atoms with Crippen LogP contribution in [0.25, 0.3) is 0 Å². The minimum Gasteiger partial charge on any atom is -0.368 e. The Hall–Kier alpha value is -0.980. The highest BCUT2D eigenvalue weighted by Gasteiger charge is 2.54. The van der Waals surface area contributed by atoms with Crippen molar-refractivity contribution in [3.05, 3.63) is 35.9 Å². The Morgan fingerprint density at radius 3 is 2.52 bits per heavy atom. The van der Waals surface area contributed by atoms with Gasteiger partial charge in [0.2, 0.25) is 0 Å². The molecule has 2 unspecified atom stereocenters. The lowest BCUT2D eigenvalue weighted by molar-refractivity contribution is -0.262. The maximum atomic E-state index is 10.0. The molecule has 2 fully saturated rings. The quantitative estimate of drug-likeness (QED) is 0.921. The van der Waals surface area contributed by atoms with Gasteiger partial charge in [-0.25, -0.2) is 0 Å². The smallest absolute Gasteiger partial charge is 0.184 e. The van der Waals surface area contributed by atoms with E-state index in [1.165, 1.54) is 0 Å². The summed E-state index contributed by atoms with van der Waals surface area (Å²) in [7, 11) is 0. The second-order valence-electron chi connectivity index (χ2n) is 6.06. The minimum absolute atomic E-state index is 0.262. The van der Waals surface area contributed by atoms with Gasteiger partial charge in [0.15, 0.2) is 12.1 Å². The summed E-state index contributed by atoms with van der Waals surface area (Å²) in [5.74, 6) is -0.738. The summed E-state index contributed by atoms with van der Waals surface area (Å²) >= 11 is 0. The van der Waals surface area contributed by atoms with E-state index in [0.29, 0.717) is 6.61 Å². The van der Waals surface area contributed by atoms with E-state index >= 15 is 0 Å². The topological polar surface area (TPSA) is 57.2 Å². The van der Waals surface area contributed by atoms with Crippen LogP contribution in [0.1, 0.15) is 26.3 Å². The first-order valence-electron chi connectivity index (χ1n) is 7.31. The van der Waals surface area contributed by atoms with Gasteiger partial charge in [0.25, 0.3) is 0 Å². The lowest BCUT2D eigenvalue weighted by Gasteiger charge is -2.38. The largest absolute Gasteiger partial charge is 0.368 e. The molecule has 5 nitrogen and oxygen atoms in total. The molecule has 0 aliphatic carbocycles. The fourth-order valence-electron chi connectivity index (χ4n) is 2.93. The van der Waals surface area contributed by atoms with Gasteiger partial charge in [-0.1, -0.05) is 30.3 Å². The SMILES string of the molecule is C[C@H]1O[C@@H](O)C2OC(C)(C)OC2[C@H]1OCc1ccccc1. The van der Waals surface area contributed by atoms with E-state index < -0.39 is 18.2 Å². The summed E-state index contributed by atoms with van der Waals surface area (Å²) in [5.41, 5.74) is 1.09. The van der Waals surface area contributed by atoms with Gasteiger partial charge in [-0.3, -0.25) is 0 Å². The molecule has 21 heavy (non-hydrogen) atoms. The van der Waals surface area contributed by atoms with Crippen molar-refractivity contribution in [2.45, 2.75) is 63.9 Å². The van der Waals surface area contributed by atoms with E-state index in [2.05, 4.69) is 0 Å². The van der Waals surface area contributed by atoms with E-state index in [4.69, 9.17) is 18.9 Å². The molecule has 2 heterocycles. The molecular formula is C16H22O5. The van der Waals surface area contributed by atoms with Crippen molar-refractivity contribution in [1.82, 2.24) is 0 Å². The van der Waals surface area contributed by atoms with E-state index in [0.717, 1.165) is 5.56 Å². The third-order valence-electron chi connectivity index (χ3n) is 3.87. The molecule has 5 atom stereocenters. The molecule has 116 valence electrons. The standard InChI is InChI=1S/C16H22O5/c1-10-12(18-9-11-7-5-4-6-8-11)13-14(15(17)19-10)21-16(2,3)20-13/h4-8,10,12-15,17H,9H2,1-3H3/t10-,12+,13?,14?,15-/m1/s1. The second-order valence-corrected chi connectivity index (χ2v) is 6.06. The lowest BCUT2D eigenvalue weighted by atomic mass is 10.00. The van der Waals surface area contributed by atoms with Crippen molar-refractivity contribution in [3.8, 4) is 0 Å². The Morgan fingerprint density at radius 2 is 1.81 bits per heavy atom. The predicted molar refractivity (Wildman–Crippen MR) is 75.4 cm³/mol. The molecule has 5 heteroatoms. The molecule has 1 aromatic rings. The normalized spacial score (nSPS) is 38.2. The van der Waals surface area contributed by atoms with Gasteiger partial charge < -0.3 is 24.1 Å². The molecule has 2 aliphatic heterocycles. The van der Waals surface area contributed by atoms with Crippen molar-refractivity contribution in [1.29, 1.82) is 0 Å². The van der Waals surface area contributed by atoms with Gasteiger partial charge in [0.05, 0.1) is 12.7 Å². The van der Waals surface area contributed by atoms with Crippen LogP contribution in [0.5, 0.6) is 0 Å². The molecule has 0 radical (unpaired) electrons. The maximum Gasteiger partial charge on any atom is 0.184 e. The highest BCUT2D eigenvalue weighted by Crippen LogP contribution is 2.38. The molecule has 2 saturated heterocycles. The van der Waals surface area contributed by atoms with E-state index in [-0.39, 0.29) is 18.3 Å². The summed E-state index contributed by atoms with van der Waals surface area (Å²) in [6, 6.07) is 9.95. The van der Waals surface area contributed by atoms with E-state index in [1.54, 1.807) is 0 Å². The lowest BCUT2D eigenvalue weighted by Crippen LogP contribution is -2.56. The zero-order chi connectivity index (χ0) is 15.0. The first kappa shape index (κ1) is 14.9. The highest BCUT2D eigenvalue weighted by atomic mass is 16.8. The zero-order valence-corrected chi connectivity index (χ0v) is 12.6. The van der Waals surface area contributed by atoms with Crippen LogP contribution < -0.4 is 0 Å². The summed E-state index contributed by atoms with van der Waals surface area (Å²) in [6.45, 7) is 6.01. The van der Waals surface area contributed by atoms with Crippen LogP contribution in [0.3, 0.4) is 0 Å². The Morgan fingerprint density at radius 1 is 1.14 bits per heavy atom. The number of aliphatic hydroxyl groups excluding tert-OH is 1. The first-order chi connectivity index (χ1) is 9.96. The maximum absolute atomic E-state index is 10.0. The third kappa shape index (κ3) is 3.12. The number of aliphatic hydroxyl groups is 1. The van der Waals surface area contributed by atoms with Crippen LogP contribution >= 0.6 is 0 Å². The summed E-state index contributed by atoms with van der Waals surface area (Å²) in [5, 5.41) is 10.0. The second kappa shape index (κ2) is 5.66. The van der Waals surface area contributed by atoms with E-state index in [9.17, 15) is 5.11 Å². The number of benzene rings is 1. The number of fused-ring (bicyclic) bond motifs is 1. The third-order valence-corrected chi connectivity index (χ3v) is 3.87. The molecule has 1 N–H and O–H groups in total. The minimum atomic E-state index is -0.983. The van der Waals surface area contributed by atoms with Crippen LogP contribution in [-0.4, -0.2) is 41.6 Å². The molecule has 2 aliphatic rings. The van der Waals surface area contributed by atoms with Gasteiger partial charge in [0, 0.05) is 0 Å². The first-order valence-corrected chi connectivity index (χ1v) is 7.31. The number of rotatable bonds is 3. The molecule has 1 aromatic carbocycles. The Labute approximate surface area is 124 Å². The van der Waals surface area contributed by atoms with Gasteiger partial charge in [-0.15, -0.1) is 0 Å². The summed E-state index contributed by atoms with van der Waals surface area (Å²) in [6.07, 6.45) is -2.37. The van der Waals surface area contributed by atoms with Crippen molar-refractivity contribution in [2.24, 2.45) is 0 Å². The Bertz CT molecular complexity index is 475. The Kier molecular flexibility index (Phi) is 4.03. The average Bonchev–Trinajstić information content (AvgIpc) is 2.76. The van der Waals surface area contributed by atoms with Crippen molar-refractivity contribution in [2.75, 3.05) is 0 Å². The van der Waals surface area contributed by atoms with Crippen LogP contribution in [0.4, 0.5) is 0 Å². The average molecular weight is 294 g/mol. The van der Waals surface area contributed by atoms with Crippen molar-refractivity contribution < 1.29 is 24.1 Å². The monoisotopic (exact) mass is 294 g/mol. The highest BCUT2D eigenvalue weighted by molar-refractivity contribution is 5.13. The van der Waals surface area contributed by atoms with Gasteiger partial charge >= 0.3 is 0 Å². The number of hydrogen-bond acceptors (Lipinski definition) is 5. The molecule has 3 rings (SSSR count). The predicted octanol–water partition coefficient (Wildman–Crippen LogP) is 1.83. The fourth-order valence-corrected chi connectivity index (χ4v) is 2.93. The summed E-state index contributed by atoms with van der Waals surface area (Å²) in [4.78, 5) is 0. The molecule has 0 spiro atoms. The Balaban J connectivity index is 1.71. The van der Waals surface area contributed by atoms with Crippen LogP contribution in [0, 0.1) is 0 Å². The molecule has 0 bridgehead atoms. The summed E-state index contributed by atoms with van der Waals surface area (Å²) < 4.78 is 23.1. The molecule has 0 saturated carbocycles. The molecule has 0 aromatic heterocycles. The van der Waals surface area contributed by atoms with Crippen molar-refractivity contribution in [3.63, 3.8) is 0 Å². The van der Waals surface area contributed by atoms with E-state index in [1.807, 2.05) is 51.1 Å². The van der Waals surface area contributed by atoms with Crippen LogP contribution in [0.15, 0.2) is 30.3 Å². The van der Waals surface area contributed by atoms with Gasteiger partial charge in [-0.05, 0) is 26.3 Å². The van der Waals surface area contributed by atoms with Gasteiger partial charge in [0.1, 0.15) is 18.3 Å². The molecule has 0 amide bonds.